The second-order valence-electron chi connectivity index (χ2n) is 2.87. The van der Waals surface area contributed by atoms with Crippen LogP contribution in [-0.2, 0) is 0 Å². The van der Waals surface area contributed by atoms with E-state index < -0.39 is 0 Å². The van der Waals surface area contributed by atoms with Crippen LogP contribution in [0.25, 0.3) is 10.8 Å². The number of halogens is 1. The summed E-state index contributed by atoms with van der Waals surface area (Å²) in [4.78, 5) is 0. The van der Waals surface area contributed by atoms with Crippen molar-refractivity contribution in [2.45, 2.75) is 0 Å². The van der Waals surface area contributed by atoms with Gasteiger partial charge >= 0.3 is 0 Å². The average molecular weight is 212 g/mol. The summed E-state index contributed by atoms with van der Waals surface area (Å²) in [7, 11) is 0. The molecule has 0 radical (unpaired) electrons. The molecule has 2 aromatic rings. The van der Waals surface area contributed by atoms with Gasteiger partial charge in [-0.05, 0) is 18.2 Å². The molecular weight excluding hydrogens is 202 g/mol. The smallest absolute Gasteiger partial charge is 0.125 e. The third kappa shape index (κ3) is 1.42. The van der Waals surface area contributed by atoms with Crippen LogP contribution < -0.4 is 5.73 Å². The fourth-order valence-electron chi connectivity index (χ4n) is 1.40. The van der Waals surface area contributed by atoms with Gasteiger partial charge in [-0.15, -0.1) is 12.4 Å². The van der Waals surface area contributed by atoms with Crippen LogP contribution in [0.15, 0.2) is 30.3 Å². The van der Waals surface area contributed by atoms with Crippen LogP contribution in [0, 0.1) is 0 Å². The van der Waals surface area contributed by atoms with E-state index in [0.29, 0.717) is 16.5 Å². The summed E-state index contributed by atoms with van der Waals surface area (Å²) in [5.41, 5.74) is 6.12. The molecule has 4 N–H and O–H groups in total. The minimum atomic E-state index is 0. The molecule has 0 saturated heterocycles. The maximum Gasteiger partial charge on any atom is 0.125 e. The van der Waals surface area contributed by atoms with Crippen molar-refractivity contribution in [3.63, 3.8) is 0 Å². The minimum Gasteiger partial charge on any atom is -0.507 e. The number of hydrogen-bond acceptors (Lipinski definition) is 3. The second-order valence-corrected chi connectivity index (χ2v) is 2.87. The van der Waals surface area contributed by atoms with E-state index >= 15 is 0 Å². The molecule has 0 atom stereocenters. The van der Waals surface area contributed by atoms with Gasteiger partial charge in [0, 0.05) is 11.1 Å². The maximum atomic E-state index is 9.49. The van der Waals surface area contributed by atoms with E-state index in [1.807, 2.05) is 0 Å². The Morgan fingerprint density at radius 3 is 2.29 bits per heavy atom. The van der Waals surface area contributed by atoms with Gasteiger partial charge in [-0.25, -0.2) is 0 Å². The molecule has 0 spiro atoms. The van der Waals surface area contributed by atoms with Gasteiger partial charge in [0.2, 0.25) is 0 Å². The summed E-state index contributed by atoms with van der Waals surface area (Å²) >= 11 is 0. The topological polar surface area (TPSA) is 66.5 Å². The Labute approximate surface area is 87.2 Å². The van der Waals surface area contributed by atoms with Gasteiger partial charge in [0.05, 0.1) is 5.39 Å². The summed E-state index contributed by atoms with van der Waals surface area (Å²) < 4.78 is 0. The monoisotopic (exact) mass is 211 g/mol. The second kappa shape index (κ2) is 3.64. The molecule has 0 aliphatic rings. The standard InChI is InChI=1S/C10H9NO2.ClH/c11-7-4-5-8(12)6-2-1-3-9(13)10(6)7;/h1-5,12-13H,11H2;1H. The summed E-state index contributed by atoms with van der Waals surface area (Å²) in [6.07, 6.45) is 0. The SMILES string of the molecule is Cl.Nc1ccc(O)c2cccc(O)c12. The largest absolute Gasteiger partial charge is 0.507 e. The maximum absolute atomic E-state index is 9.49. The van der Waals surface area contributed by atoms with E-state index in [1.54, 1.807) is 18.2 Å². The van der Waals surface area contributed by atoms with Crippen molar-refractivity contribution in [1.82, 2.24) is 0 Å². The molecule has 0 heterocycles. The van der Waals surface area contributed by atoms with Crippen molar-refractivity contribution in [2.75, 3.05) is 5.73 Å². The lowest BCUT2D eigenvalue weighted by Crippen LogP contribution is -1.86. The lowest BCUT2D eigenvalue weighted by Gasteiger charge is -2.05. The van der Waals surface area contributed by atoms with Crippen LogP contribution in [0.3, 0.4) is 0 Å². The molecule has 0 aromatic heterocycles. The number of benzene rings is 2. The summed E-state index contributed by atoms with van der Waals surface area (Å²) in [6.45, 7) is 0. The van der Waals surface area contributed by atoms with Crippen molar-refractivity contribution in [2.24, 2.45) is 0 Å². The average Bonchev–Trinajstić information content (AvgIpc) is 2.12. The Bertz CT molecular complexity index is 463. The van der Waals surface area contributed by atoms with E-state index in [1.165, 1.54) is 12.1 Å². The third-order valence-electron chi connectivity index (χ3n) is 2.03. The zero-order valence-electron chi connectivity index (χ0n) is 7.27. The highest BCUT2D eigenvalue weighted by Crippen LogP contribution is 2.34. The number of anilines is 1. The van der Waals surface area contributed by atoms with Gasteiger partial charge in [0.15, 0.2) is 0 Å². The summed E-state index contributed by atoms with van der Waals surface area (Å²) in [5.74, 6) is 0.214. The molecule has 74 valence electrons. The Morgan fingerprint density at radius 2 is 1.64 bits per heavy atom. The van der Waals surface area contributed by atoms with Gasteiger partial charge in [-0.1, -0.05) is 12.1 Å². The van der Waals surface area contributed by atoms with E-state index in [-0.39, 0.29) is 23.9 Å². The highest BCUT2D eigenvalue weighted by atomic mass is 35.5. The van der Waals surface area contributed by atoms with Crippen molar-refractivity contribution < 1.29 is 10.2 Å². The van der Waals surface area contributed by atoms with Crippen molar-refractivity contribution in [1.29, 1.82) is 0 Å². The number of rotatable bonds is 0. The van der Waals surface area contributed by atoms with Crippen LogP contribution in [0.4, 0.5) is 5.69 Å². The summed E-state index contributed by atoms with van der Waals surface area (Å²) in [6, 6.07) is 7.99. The fraction of sp³-hybridized carbons (Fsp3) is 0. The first-order valence-corrected chi connectivity index (χ1v) is 3.89. The molecular formula is C10H10ClNO2. The van der Waals surface area contributed by atoms with Crippen LogP contribution in [0.2, 0.25) is 0 Å². The first-order valence-electron chi connectivity index (χ1n) is 3.89. The first-order chi connectivity index (χ1) is 6.20. The number of phenols is 2. The molecule has 0 amide bonds. The van der Waals surface area contributed by atoms with E-state index in [9.17, 15) is 10.2 Å². The lowest BCUT2D eigenvalue weighted by molar-refractivity contribution is 0.476. The third-order valence-corrected chi connectivity index (χ3v) is 2.03. The molecule has 0 bridgehead atoms. The number of fused-ring (bicyclic) bond motifs is 1. The molecule has 3 nitrogen and oxygen atoms in total. The van der Waals surface area contributed by atoms with Crippen LogP contribution in [-0.4, -0.2) is 10.2 Å². The van der Waals surface area contributed by atoms with Gasteiger partial charge < -0.3 is 15.9 Å². The molecule has 4 heteroatoms. The van der Waals surface area contributed by atoms with E-state index in [4.69, 9.17) is 5.73 Å². The van der Waals surface area contributed by atoms with Crippen molar-refractivity contribution >= 4 is 28.9 Å². The summed E-state index contributed by atoms with van der Waals surface area (Å²) in [5, 5.41) is 20.0. The number of nitrogen functional groups attached to an aromatic ring is 1. The molecule has 0 saturated carbocycles. The zero-order valence-corrected chi connectivity index (χ0v) is 8.08. The predicted octanol–water partition coefficient (Wildman–Crippen LogP) is 2.26. The van der Waals surface area contributed by atoms with Crippen molar-refractivity contribution in [3.8, 4) is 11.5 Å². The van der Waals surface area contributed by atoms with Crippen LogP contribution in [0.5, 0.6) is 11.5 Å². The quantitative estimate of drug-likeness (QED) is 0.463. The lowest BCUT2D eigenvalue weighted by atomic mass is 10.1. The van der Waals surface area contributed by atoms with E-state index in [2.05, 4.69) is 0 Å². The van der Waals surface area contributed by atoms with Gasteiger partial charge in [0.25, 0.3) is 0 Å². The highest BCUT2D eigenvalue weighted by Gasteiger charge is 2.05. The Morgan fingerprint density at radius 1 is 0.929 bits per heavy atom. The number of phenolic OH excluding ortho intramolecular Hbond substituents is 2. The molecule has 0 fully saturated rings. The van der Waals surface area contributed by atoms with Crippen LogP contribution in [0.1, 0.15) is 0 Å². The Balaban J connectivity index is 0.000000980. The molecule has 14 heavy (non-hydrogen) atoms. The first kappa shape index (κ1) is 10.5. The van der Waals surface area contributed by atoms with Gasteiger partial charge in [-0.3, -0.25) is 0 Å². The highest BCUT2D eigenvalue weighted by molar-refractivity contribution is 6.00. The Hall–Kier alpha value is -1.61. The zero-order chi connectivity index (χ0) is 9.42. The molecule has 0 aliphatic carbocycles. The van der Waals surface area contributed by atoms with Gasteiger partial charge in [0.1, 0.15) is 11.5 Å². The number of aromatic hydroxyl groups is 2. The van der Waals surface area contributed by atoms with Gasteiger partial charge in [-0.2, -0.15) is 0 Å². The number of nitrogens with two attached hydrogens (primary N) is 1. The molecule has 2 aromatic carbocycles. The fourth-order valence-corrected chi connectivity index (χ4v) is 1.40. The molecule has 0 aliphatic heterocycles. The van der Waals surface area contributed by atoms with E-state index in [0.717, 1.165) is 0 Å². The van der Waals surface area contributed by atoms with Crippen LogP contribution >= 0.6 is 12.4 Å². The number of hydrogen-bond donors (Lipinski definition) is 3. The molecule has 2 rings (SSSR count). The minimum absolute atomic E-state index is 0. The normalized spacial score (nSPS) is 9.71. The predicted molar refractivity (Wildman–Crippen MR) is 58.9 cm³/mol. The molecule has 0 unspecified atom stereocenters. The van der Waals surface area contributed by atoms with Crippen molar-refractivity contribution in [3.05, 3.63) is 30.3 Å². The Kier molecular flexibility index (Phi) is 2.72.